The molecule has 0 unspecified atom stereocenters. The lowest BCUT2D eigenvalue weighted by Crippen LogP contribution is -2.14. The Balaban J connectivity index is 1.23. The number of hydrogen-bond donors (Lipinski definition) is 0. The standard InChI is InChI=1S/C48H30N4S2/c1-51-25-24-32-30(27-51)14-11-19-31(32)29-22-23-40-37(26-29)42-34-16-6-5-15-33(34)41-35-17-7-9-20-38(35)52(45(41)46(42)53-40)48-49-43(28-12-3-2-4-13-28)47-44(50-48)36-18-8-10-21-39(36)54-47/h2-26H,27H2,1H3. The predicted molar refractivity (Wildman–Crippen MR) is 231 cm³/mol. The van der Waals surface area contributed by atoms with Crippen LogP contribution >= 0.6 is 22.7 Å². The van der Waals surface area contributed by atoms with Gasteiger partial charge in [-0.25, -0.2) is 9.97 Å². The van der Waals surface area contributed by atoms with E-state index in [2.05, 4.69) is 168 Å². The van der Waals surface area contributed by atoms with E-state index >= 15 is 0 Å². The zero-order valence-electron chi connectivity index (χ0n) is 29.2. The van der Waals surface area contributed by atoms with Crippen LogP contribution in [0.15, 0.2) is 146 Å². The molecule has 4 aromatic heterocycles. The van der Waals surface area contributed by atoms with Crippen molar-refractivity contribution in [2.24, 2.45) is 0 Å². The monoisotopic (exact) mass is 726 g/mol. The highest BCUT2D eigenvalue weighted by molar-refractivity contribution is 7.27. The molecule has 4 nitrogen and oxygen atoms in total. The molecule has 5 heterocycles. The summed E-state index contributed by atoms with van der Waals surface area (Å²) in [6.07, 6.45) is 4.45. The highest BCUT2D eigenvalue weighted by Crippen LogP contribution is 2.49. The van der Waals surface area contributed by atoms with Crippen molar-refractivity contribution >= 4 is 102 Å². The zero-order valence-corrected chi connectivity index (χ0v) is 30.9. The third kappa shape index (κ3) is 4.23. The topological polar surface area (TPSA) is 34.0 Å². The maximum atomic E-state index is 5.51. The first-order valence-corrected chi connectivity index (χ1v) is 19.9. The second kappa shape index (κ2) is 11.3. The van der Waals surface area contributed by atoms with E-state index in [1.54, 1.807) is 11.3 Å². The van der Waals surface area contributed by atoms with Gasteiger partial charge in [-0.15, -0.1) is 22.7 Å². The molecule has 7 aromatic carbocycles. The van der Waals surface area contributed by atoms with E-state index in [-0.39, 0.29) is 0 Å². The quantitative estimate of drug-likeness (QED) is 0.182. The smallest absolute Gasteiger partial charge is 0.235 e. The molecule has 12 rings (SSSR count). The second-order valence-corrected chi connectivity index (χ2v) is 16.4. The third-order valence-corrected chi connectivity index (χ3v) is 13.5. The molecular formula is C48H30N4S2. The van der Waals surface area contributed by atoms with Crippen molar-refractivity contribution < 1.29 is 0 Å². The largest absolute Gasteiger partial charge is 0.376 e. The van der Waals surface area contributed by atoms with Gasteiger partial charge in [-0.1, -0.05) is 115 Å². The Morgan fingerprint density at radius 2 is 1.30 bits per heavy atom. The van der Waals surface area contributed by atoms with E-state index in [1.807, 2.05) is 11.3 Å². The summed E-state index contributed by atoms with van der Waals surface area (Å²) in [5.41, 5.74) is 10.5. The molecule has 0 saturated heterocycles. The summed E-state index contributed by atoms with van der Waals surface area (Å²) in [6.45, 7) is 0.914. The van der Waals surface area contributed by atoms with Gasteiger partial charge in [0.25, 0.3) is 0 Å². The number of nitrogens with zero attached hydrogens (tertiary/aromatic N) is 4. The van der Waals surface area contributed by atoms with E-state index < -0.39 is 0 Å². The fourth-order valence-corrected chi connectivity index (χ4v) is 11.1. The first-order chi connectivity index (χ1) is 26.7. The molecule has 0 saturated carbocycles. The Morgan fingerprint density at radius 1 is 0.574 bits per heavy atom. The Hall–Kier alpha value is -6.34. The summed E-state index contributed by atoms with van der Waals surface area (Å²) in [6, 6.07) is 50.7. The molecule has 0 bridgehead atoms. The van der Waals surface area contributed by atoms with Gasteiger partial charge in [0.1, 0.15) is 0 Å². The van der Waals surface area contributed by atoms with Crippen LogP contribution in [0.2, 0.25) is 0 Å². The summed E-state index contributed by atoms with van der Waals surface area (Å²) >= 11 is 3.65. The van der Waals surface area contributed by atoms with E-state index in [9.17, 15) is 0 Å². The third-order valence-electron chi connectivity index (χ3n) is 11.1. The summed E-state index contributed by atoms with van der Waals surface area (Å²) in [5, 5.41) is 8.69. The fraction of sp³-hybridized carbons (Fsp3) is 0.0417. The normalized spacial score (nSPS) is 13.1. The van der Waals surface area contributed by atoms with Crippen molar-refractivity contribution in [1.82, 2.24) is 19.4 Å². The van der Waals surface area contributed by atoms with Gasteiger partial charge in [0.05, 0.1) is 31.6 Å². The number of benzene rings is 7. The molecule has 11 aromatic rings. The molecule has 0 fully saturated rings. The average Bonchev–Trinajstić information content (AvgIpc) is 3.90. The number of rotatable bonds is 3. The number of thiophene rings is 2. The first-order valence-electron chi connectivity index (χ1n) is 18.3. The first kappa shape index (κ1) is 30.2. The Morgan fingerprint density at radius 3 is 2.17 bits per heavy atom. The highest BCUT2D eigenvalue weighted by Gasteiger charge is 2.25. The summed E-state index contributed by atoms with van der Waals surface area (Å²) in [5.74, 6) is 0.693. The van der Waals surface area contributed by atoms with Gasteiger partial charge >= 0.3 is 0 Å². The average molecular weight is 727 g/mol. The lowest BCUT2D eigenvalue weighted by Gasteiger charge is -2.22. The predicted octanol–water partition coefficient (Wildman–Crippen LogP) is 13.2. The van der Waals surface area contributed by atoms with Crippen molar-refractivity contribution in [3.63, 3.8) is 0 Å². The lowest BCUT2D eigenvalue weighted by atomic mass is 9.92. The van der Waals surface area contributed by atoms with Gasteiger partial charge in [0.2, 0.25) is 5.95 Å². The molecule has 0 aliphatic carbocycles. The Kier molecular flexibility index (Phi) is 6.33. The van der Waals surface area contributed by atoms with Crippen LogP contribution in [-0.2, 0) is 6.54 Å². The van der Waals surface area contributed by atoms with Gasteiger partial charge in [-0.3, -0.25) is 4.57 Å². The minimum atomic E-state index is 0.693. The zero-order chi connectivity index (χ0) is 35.5. The number of para-hydroxylation sites is 1. The van der Waals surface area contributed by atoms with Gasteiger partial charge in [0, 0.05) is 55.5 Å². The van der Waals surface area contributed by atoms with E-state index in [1.165, 1.54) is 68.7 Å². The molecule has 6 heteroatoms. The molecular weight excluding hydrogens is 697 g/mol. The van der Waals surface area contributed by atoms with Crippen LogP contribution in [0.5, 0.6) is 0 Å². The highest BCUT2D eigenvalue weighted by atomic mass is 32.1. The van der Waals surface area contributed by atoms with Gasteiger partial charge in [0.15, 0.2) is 0 Å². The molecule has 1 aliphatic heterocycles. The molecule has 254 valence electrons. The molecule has 0 radical (unpaired) electrons. The minimum Gasteiger partial charge on any atom is -0.376 e. The Labute approximate surface area is 318 Å². The molecule has 1 aliphatic rings. The Bertz CT molecular complexity index is 3390. The van der Waals surface area contributed by atoms with E-state index in [0.717, 1.165) is 44.4 Å². The van der Waals surface area contributed by atoms with Crippen LogP contribution in [-0.4, -0.2) is 26.5 Å². The van der Waals surface area contributed by atoms with Crippen molar-refractivity contribution in [1.29, 1.82) is 0 Å². The van der Waals surface area contributed by atoms with Crippen molar-refractivity contribution in [2.75, 3.05) is 7.05 Å². The van der Waals surface area contributed by atoms with Crippen LogP contribution in [0.25, 0.3) is 107 Å². The van der Waals surface area contributed by atoms with Crippen molar-refractivity contribution in [2.45, 2.75) is 6.54 Å². The summed E-state index contributed by atoms with van der Waals surface area (Å²) in [4.78, 5) is 13.2. The van der Waals surface area contributed by atoms with Crippen LogP contribution in [0.4, 0.5) is 0 Å². The minimum absolute atomic E-state index is 0.693. The van der Waals surface area contributed by atoms with Gasteiger partial charge < -0.3 is 4.90 Å². The fourth-order valence-electron chi connectivity index (χ4n) is 8.75. The van der Waals surface area contributed by atoms with Gasteiger partial charge in [-0.2, -0.15) is 0 Å². The second-order valence-electron chi connectivity index (χ2n) is 14.3. The maximum absolute atomic E-state index is 5.51. The maximum Gasteiger partial charge on any atom is 0.235 e. The number of fused-ring (bicyclic) bond motifs is 14. The molecule has 54 heavy (non-hydrogen) atoms. The number of aromatic nitrogens is 3. The van der Waals surface area contributed by atoms with Crippen molar-refractivity contribution in [3.8, 4) is 28.3 Å². The van der Waals surface area contributed by atoms with E-state index in [0.29, 0.717) is 5.95 Å². The van der Waals surface area contributed by atoms with Crippen LogP contribution in [0.3, 0.4) is 0 Å². The SMILES string of the molecule is CN1C=Cc2c(cccc2-c2ccc3sc4c(c3c2)c2ccccc2c2c3ccccc3n(-c3nc(-c5ccccc5)c5sc6ccccc6c5n3)c42)C1. The molecule has 0 spiro atoms. The summed E-state index contributed by atoms with van der Waals surface area (Å²) in [7, 11) is 2.13. The van der Waals surface area contributed by atoms with Crippen LogP contribution in [0.1, 0.15) is 11.1 Å². The lowest BCUT2D eigenvalue weighted by molar-refractivity contribution is 0.448. The molecule has 0 atom stereocenters. The van der Waals surface area contributed by atoms with Crippen molar-refractivity contribution in [3.05, 3.63) is 157 Å². The van der Waals surface area contributed by atoms with Gasteiger partial charge in [-0.05, 0) is 69.6 Å². The summed E-state index contributed by atoms with van der Waals surface area (Å²) < 4.78 is 7.20. The van der Waals surface area contributed by atoms with Crippen LogP contribution < -0.4 is 0 Å². The molecule has 0 N–H and O–H groups in total. The van der Waals surface area contributed by atoms with Crippen LogP contribution in [0, 0.1) is 0 Å². The number of hydrogen-bond acceptors (Lipinski definition) is 5. The van der Waals surface area contributed by atoms with E-state index in [4.69, 9.17) is 9.97 Å². The molecule has 0 amide bonds.